The summed E-state index contributed by atoms with van der Waals surface area (Å²) in [5.74, 6) is 0.758. The molecular weight excluding hydrogens is 526 g/mol. The first-order valence-electron chi connectivity index (χ1n) is 12.5. The van der Waals surface area contributed by atoms with Gasteiger partial charge in [0.05, 0.1) is 25.4 Å². The van der Waals surface area contributed by atoms with Gasteiger partial charge in [-0.25, -0.2) is 9.78 Å². The second-order valence-electron chi connectivity index (χ2n) is 8.66. The molecule has 3 aromatic rings. The number of carbonyl (C=O) groups is 2. The molecule has 202 valence electrons. The predicted octanol–water partition coefficient (Wildman–Crippen LogP) is 4.84. The van der Waals surface area contributed by atoms with Gasteiger partial charge in [-0.3, -0.25) is 4.79 Å². The van der Waals surface area contributed by atoms with E-state index in [-0.39, 0.29) is 18.5 Å². The number of ether oxygens (including phenoxy) is 2. The molecule has 4 rings (SSSR count). The van der Waals surface area contributed by atoms with Crippen LogP contribution in [-0.4, -0.2) is 79.8 Å². The third-order valence-electron chi connectivity index (χ3n) is 6.10. The summed E-state index contributed by atoms with van der Waals surface area (Å²) in [7, 11) is 1.59. The van der Waals surface area contributed by atoms with Crippen LogP contribution >= 0.6 is 22.9 Å². The van der Waals surface area contributed by atoms with Crippen molar-refractivity contribution < 1.29 is 19.1 Å². The molecule has 1 fully saturated rings. The van der Waals surface area contributed by atoms with Gasteiger partial charge in [0.15, 0.2) is 0 Å². The van der Waals surface area contributed by atoms with Gasteiger partial charge < -0.3 is 29.5 Å². The number of urea groups is 1. The van der Waals surface area contributed by atoms with Crippen molar-refractivity contribution in [1.29, 1.82) is 0 Å². The first-order valence-corrected chi connectivity index (χ1v) is 13.7. The summed E-state index contributed by atoms with van der Waals surface area (Å²) in [6, 6.07) is 14.7. The number of amides is 3. The average Bonchev–Trinajstić information content (AvgIpc) is 3.40. The Bertz CT molecular complexity index is 1230. The highest BCUT2D eigenvalue weighted by Crippen LogP contribution is 2.29. The van der Waals surface area contributed by atoms with Gasteiger partial charge in [0.2, 0.25) is 0 Å². The maximum atomic E-state index is 13.2. The highest BCUT2D eigenvalue weighted by atomic mass is 35.5. The number of nitrogens with zero attached hydrogens (tertiary/aromatic N) is 4. The number of anilines is 2. The van der Waals surface area contributed by atoms with Gasteiger partial charge in [0.1, 0.15) is 16.5 Å². The number of nitrogens with one attached hydrogen (secondary N) is 1. The van der Waals surface area contributed by atoms with Crippen molar-refractivity contribution in [3.8, 4) is 5.75 Å². The van der Waals surface area contributed by atoms with Crippen molar-refractivity contribution in [2.24, 2.45) is 0 Å². The van der Waals surface area contributed by atoms with Crippen LogP contribution in [-0.2, 0) is 11.3 Å². The van der Waals surface area contributed by atoms with Gasteiger partial charge in [-0.05, 0) is 37.3 Å². The molecule has 2 aromatic carbocycles. The molecule has 38 heavy (non-hydrogen) atoms. The lowest BCUT2D eigenvalue weighted by Crippen LogP contribution is -2.49. The van der Waals surface area contributed by atoms with E-state index >= 15 is 0 Å². The number of carbonyl (C=O) groups excluding carboxylic acids is 2. The molecule has 0 spiro atoms. The summed E-state index contributed by atoms with van der Waals surface area (Å²) in [5, 5.41) is 5.83. The molecule has 0 unspecified atom stereocenters. The van der Waals surface area contributed by atoms with Gasteiger partial charge in [0.25, 0.3) is 5.91 Å². The Hall–Kier alpha value is -3.34. The summed E-state index contributed by atoms with van der Waals surface area (Å²) in [4.78, 5) is 36.4. The third kappa shape index (κ3) is 7.15. The maximum absolute atomic E-state index is 13.2. The van der Waals surface area contributed by atoms with Crippen LogP contribution in [0.15, 0.2) is 53.9 Å². The Morgan fingerprint density at radius 2 is 1.92 bits per heavy atom. The normalized spacial score (nSPS) is 13.3. The van der Waals surface area contributed by atoms with Crippen LogP contribution in [0.4, 0.5) is 16.2 Å². The molecule has 1 aromatic heterocycles. The summed E-state index contributed by atoms with van der Waals surface area (Å²) < 4.78 is 11.0. The molecule has 0 saturated carbocycles. The van der Waals surface area contributed by atoms with Crippen molar-refractivity contribution in [3.63, 3.8) is 0 Å². The van der Waals surface area contributed by atoms with Gasteiger partial charge in [0, 0.05) is 55.9 Å². The number of piperazine rings is 1. The van der Waals surface area contributed by atoms with Gasteiger partial charge in [-0.2, -0.15) is 0 Å². The highest BCUT2D eigenvalue weighted by molar-refractivity contribution is 7.09. The Balaban J connectivity index is 1.36. The first-order chi connectivity index (χ1) is 18.5. The van der Waals surface area contributed by atoms with E-state index < -0.39 is 0 Å². The monoisotopic (exact) mass is 557 g/mol. The molecule has 0 bridgehead atoms. The lowest BCUT2D eigenvalue weighted by molar-refractivity contribution is 0.0741. The molecule has 1 saturated heterocycles. The molecule has 11 heteroatoms. The molecule has 0 radical (unpaired) electrons. The van der Waals surface area contributed by atoms with E-state index in [9.17, 15) is 9.59 Å². The van der Waals surface area contributed by atoms with Crippen molar-refractivity contribution in [2.45, 2.75) is 13.5 Å². The van der Waals surface area contributed by atoms with E-state index in [1.165, 1.54) is 11.3 Å². The minimum atomic E-state index is -0.296. The zero-order chi connectivity index (χ0) is 26.9. The Morgan fingerprint density at radius 1 is 1.13 bits per heavy atom. The Kier molecular flexibility index (Phi) is 9.80. The van der Waals surface area contributed by atoms with Crippen molar-refractivity contribution in [1.82, 2.24) is 14.8 Å². The van der Waals surface area contributed by atoms with E-state index in [2.05, 4.69) is 15.2 Å². The number of hydrogen-bond acceptors (Lipinski definition) is 7. The number of para-hydroxylation sites is 2. The van der Waals surface area contributed by atoms with Crippen LogP contribution in [0, 0.1) is 0 Å². The molecule has 0 aliphatic carbocycles. The zero-order valence-corrected chi connectivity index (χ0v) is 23.1. The molecular formula is C27H32ClN5O4S. The maximum Gasteiger partial charge on any atom is 0.322 e. The van der Waals surface area contributed by atoms with Crippen LogP contribution in [0.25, 0.3) is 0 Å². The molecule has 0 atom stereocenters. The SMILES string of the molecule is CCOc1ccccc1N1CCN(C(=O)c2csc(CN(CCOC)C(=O)Nc3cccc(Cl)c3)n2)CC1. The molecule has 2 heterocycles. The summed E-state index contributed by atoms with van der Waals surface area (Å²) >= 11 is 7.40. The second kappa shape index (κ2) is 13.5. The van der Waals surface area contributed by atoms with Crippen LogP contribution < -0.4 is 15.0 Å². The summed E-state index contributed by atoms with van der Waals surface area (Å²) in [5.41, 5.74) is 2.04. The van der Waals surface area contributed by atoms with Gasteiger partial charge >= 0.3 is 6.03 Å². The summed E-state index contributed by atoms with van der Waals surface area (Å²) in [6.45, 7) is 6.18. The predicted molar refractivity (Wildman–Crippen MR) is 151 cm³/mol. The molecule has 9 nitrogen and oxygen atoms in total. The number of rotatable bonds is 10. The average molecular weight is 558 g/mol. The minimum absolute atomic E-state index is 0.0999. The Morgan fingerprint density at radius 3 is 2.66 bits per heavy atom. The molecule has 1 N–H and O–H groups in total. The molecule has 1 aliphatic heterocycles. The largest absolute Gasteiger partial charge is 0.492 e. The number of aromatic nitrogens is 1. The topological polar surface area (TPSA) is 87.2 Å². The fourth-order valence-electron chi connectivity index (χ4n) is 4.18. The fraction of sp³-hybridized carbons (Fsp3) is 0.370. The number of halogens is 1. The van der Waals surface area contributed by atoms with E-state index in [0.717, 1.165) is 11.4 Å². The second-order valence-corrected chi connectivity index (χ2v) is 10.0. The van der Waals surface area contributed by atoms with Crippen molar-refractivity contribution >= 4 is 46.3 Å². The van der Waals surface area contributed by atoms with Crippen LogP contribution in [0.2, 0.25) is 5.02 Å². The number of thiazole rings is 1. The van der Waals surface area contributed by atoms with Crippen LogP contribution in [0.1, 0.15) is 22.4 Å². The van der Waals surface area contributed by atoms with E-state index in [1.807, 2.05) is 36.1 Å². The van der Waals surface area contributed by atoms with Crippen LogP contribution in [0.5, 0.6) is 5.75 Å². The van der Waals surface area contributed by atoms with Gasteiger partial charge in [-0.1, -0.05) is 29.8 Å². The number of hydrogen-bond donors (Lipinski definition) is 1. The fourth-order valence-corrected chi connectivity index (χ4v) is 5.15. The highest BCUT2D eigenvalue weighted by Gasteiger charge is 2.26. The van der Waals surface area contributed by atoms with E-state index in [1.54, 1.807) is 41.7 Å². The third-order valence-corrected chi connectivity index (χ3v) is 7.17. The van der Waals surface area contributed by atoms with E-state index in [0.29, 0.717) is 67.3 Å². The quantitative estimate of drug-likeness (QED) is 0.384. The lowest BCUT2D eigenvalue weighted by Gasteiger charge is -2.36. The zero-order valence-electron chi connectivity index (χ0n) is 21.6. The van der Waals surface area contributed by atoms with Crippen LogP contribution in [0.3, 0.4) is 0 Å². The van der Waals surface area contributed by atoms with Crippen molar-refractivity contribution in [2.75, 3.05) is 63.3 Å². The lowest BCUT2D eigenvalue weighted by atomic mass is 10.2. The number of benzene rings is 2. The Labute approximate surface area is 231 Å². The van der Waals surface area contributed by atoms with E-state index in [4.69, 9.17) is 21.1 Å². The van der Waals surface area contributed by atoms with Gasteiger partial charge in [-0.15, -0.1) is 11.3 Å². The number of methoxy groups -OCH3 is 1. The molecule has 3 amide bonds. The minimum Gasteiger partial charge on any atom is -0.492 e. The first kappa shape index (κ1) is 27.7. The standard InChI is InChI=1S/C27H32ClN5O4S/c1-3-37-24-10-5-4-9-23(24)31-11-13-32(14-12-31)26(34)22-19-38-25(30-22)18-33(15-16-36-2)27(35)29-21-8-6-7-20(28)17-21/h4-10,17,19H,3,11-16,18H2,1-2H3,(H,29,35). The smallest absolute Gasteiger partial charge is 0.322 e. The van der Waals surface area contributed by atoms with Crippen molar-refractivity contribution in [3.05, 3.63) is 69.6 Å². The summed E-state index contributed by atoms with van der Waals surface area (Å²) in [6.07, 6.45) is 0. The molecule has 1 aliphatic rings.